The maximum Gasteiger partial charge on any atom is 0.332 e. The lowest BCUT2D eigenvalue weighted by atomic mass is 9.80. The Kier molecular flexibility index (Phi) is 5.34. The third kappa shape index (κ3) is 3.82. The molecule has 1 aliphatic heterocycles. The molecule has 2 atom stereocenters. The van der Waals surface area contributed by atoms with Crippen molar-refractivity contribution in [1.82, 2.24) is 4.72 Å². The standard InChI is InChI=1S/C21H24FNO4S/c1-5-14-6-9-16(10-7-14)28(25,26)23-19-13(2)21(3,4)27-18-11-8-15(20(22)24)12-17(18)19/h6-13,19,23H,5H2,1-4H3. The van der Waals surface area contributed by atoms with Crippen LogP contribution < -0.4 is 9.46 Å². The lowest BCUT2D eigenvalue weighted by Crippen LogP contribution is -2.48. The van der Waals surface area contributed by atoms with Crippen LogP contribution in [0.2, 0.25) is 0 Å². The smallest absolute Gasteiger partial charge is 0.332 e. The molecule has 1 heterocycles. The summed E-state index contributed by atoms with van der Waals surface area (Å²) in [6.07, 6.45) is 0.812. The van der Waals surface area contributed by atoms with Crippen LogP contribution in [0.1, 0.15) is 55.2 Å². The van der Waals surface area contributed by atoms with Gasteiger partial charge in [-0.15, -0.1) is 0 Å². The number of sulfonamides is 1. The van der Waals surface area contributed by atoms with Crippen LogP contribution in [0.3, 0.4) is 0 Å². The second kappa shape index (κ2) is 7.29. The Morgan fingerprint density at radius 1 is 1.18 bits per heavy atom. The lowest BCUT2D eigenvalue weighted by Gasteiger charge is -2.43. The minimum absolute atomic E-state index is 0.134. The normalized spacial score (nSPS) is 20.9. The molecule has 2 aromatic carbocycles. The monoisotopic (exact) mass is 405 g/mol. The second-order valence-corrected chi connectivity index (χ2v) is 9.33. The van der Waals surface area contributed by atoms with Crippen LogP contribution in [0.4, 0.5) is 4.39 Å². The van der Waals surface area contributed by atoms with Crippen molar-refractivity contribution in [1.29, 1.82) is 0 Å². The number of hydrogen-bond acceptors (Lipinski definition) is 4. The first-order valence-electron chi connectivity index (χ1n) is 9.19. The maximum absolute atomic E-state index is 13.2. The highest BCUT2D eigenvalue weighted by molar-refractivity contribution is 7.89. The van der Waals surface area contributed by atoms with Crippen LogP contribution in [0.15, 0.2) is 47.4 Å². The van der Waals surface area contributed by atoms with E-state index in [0.29, 0.717) is 11.3 Å². The van der Waals surface area contributed by atoms with Gasteiger partial charge in [0.1, 0.15) is 11.4 Å². The first-order chi connectivity index (χ1) is 13.0. The van der Waals surface area contributed by atoms with Crippen LogP contribution >= 0.6 is 0 Å². The summed E-state index contributed by atoms with van der Waals surface area (Å²) in [6.45, 7) is 7.59. The van der Waals surface area contributed by atoms with Crippen LogP contribution in [-0.2, 0) is 16.4 Å². The fraction of sp³-hybridized carbons (Fsp3) is 0.381. The van der Waals surface area contributed by atoms with Crippen molar-refractivity contribution in [3.8, 4) is 5.75 Å². The summed E-state index contributed by atoms with van der Waals surface area (Å²) in [6, 6.07) is 8.65. The third-order valence-electron chi connectivity index (χ3n) is 5.47. The Hall–Kier alpha value is -2.25. The zero-order valence-corrected chi connectivity index (χ0v) is 17.1. The SMILES string of the molecule is CCc1ccc(S(=O)(=O)NC2c3cc(C(=O)F)ccc3OC(C)(C)C2C)cc1. The van der Waals surface area contributed by atoms with E-state index >= 15 is 0 Å². The number of rotatable bonds is 5. The van der Waals surface area contributed by atoms with Gasteiger partial charge in [-0.25, -0.2) is 13.1 Å². The number of hydrogen-bond donors (Lipinski definition) is 1. The van der Waals surface area contributed by atoms with E-state index in [1.807, 2.05) is 27.7 Å². The van der Waals surface area contributed by atoms with Gasteiger partial charge < -0.3 is 4.74 Å². The minimum Gasteiger partial charge on any atom is -0.487 e. The fourth-order valence-electron chi connectivity index (χ4n) is 3.36. The molecule has 2 unspecified atom stereocenters. The largest absolute Gasteiger partial charge is 0.487 e. The number of aryl methyl sites for hydroxylation is 1. The van der Waals surface area contributed by atoms with E-state index in [2.05, 4.69) is 4.72 Å². The van der Waals surface area contributed by atoms with Crippen LogP contribution in [0.25, 0.3) is 0 Å². The van der Waals surface area contributed by atoms with Crippen LogP contribution in [0, 0.1) is 5.92 Å². The van der Waals surface area contributed by atoms with Gasteiger partial charge in [0.25, 0.3) is 0 Å². The van der Waals surface area contributed by atoms with E-state index in [9.17, 15) is 17.6 Å². The number of nitrogens with one attached hydrogen (secondary N) is 1. The average molecular weight is 405 g/mol. The molecule has 0 amide bonds. The minimum atomic E-state index is -3.83. The van der Waals surface area contributed by atoms with Gasteiger partial charge >= 0.3 is 6.04 Å². The number of ether oxygens (including phenoxy) is 1. The van der Waals surface area contributed by atoms with Crippen molar-refractivity contribution in [2.45, 2.75) is 50.7 Å². The molecule has 150 valence electrons. The molecule has 0 aromatic heterocycles. The van der Waals surface area contributed by atoms with Gasteiger partial charge in [0.2, 0.25) is 10.0 Å². The molecule has 0 fully saturated rings. The van der Waals surface area contributed by atoms with Crippen LogP contribution in [-0.4, -0.2) is 20.1 Å². The highest BCUT2D eigenvalue weighted by Crippen LogP contribution is 2.44. The Labute approximate surface area is 165 Å². The van der Waals surface area contributed by atoms with Crippen molar-refractivity contribution in [2.75, 3.05) is 0 Å². The van der Waals surface area contributed by atoms with Crippen molar-refractivity contribution in [2.24, 2.45) is 5.92 Å². The summed E-state index contributed by atoms with van der Waals surface area (Å²) in [7, 11) is -3.83. The van der Waals surface area contributed by atoms with E-state index in [-0.39, 0.29) is 16.4 Å². The lowest BCUT2D eigenvalue weighted by molar-refractivity contribution is 0.0167. The molecule has 0 radical (unpaired) electrons. The van der Waals surface area contributed by atoms with Gasteiger partial charge in [0.15, 0.2) is 0 Å². The molecule has 0 saturated carbocycles. The molecule has 0 saturated heterocycles. The number of benzene rings is 2. The Bertz CT molecular complexity index is 1000. The Morgan fingerprint density at radius 3 is 2.39 bits per heavy atom. The molecule has 3 rings (SSSR count). The summed E-state index contributed by atoms with van der Waals surface area (Å²) >= 11 is 0. The molecular formula is C21H24FNO4S. The van der Waals surface area contributed by atoms with Gasteiger partial charge in [-0.05, 0) is 56.2 Å². The highest BCUT2D eigenvalue weighted by atomic mass is 32.2. The summed E-state index contributed by atoms with van der Waals surface area (Å²) < 4.78 is 47.9. The molecule has 0 aliphatic carbocycles. The van der Waals surface area contributed by atoms with E-state index in [0.717, 1.165) is 12.0 Å². The van der Waals surface area contributed by atoms with Gasteiger partial charge in [-0.1, -0.05) is 26.0 Å². The zero-order valence-electron chi connectivity index (χ0n) is 16.3. The summed E-state index contributed by atoms with van der Waals surface area (Å²) in [5, 5.41) is 0. The number of carbonyl (C=O) groups excluding carboxylic acids is 1. The second-order valence-electron chi connectivity index (χ2n) is 7.62. The van der Waals surface area contributed by atoms with E-state index in [4.69, 9.17) is 4.74 Å². The van der Waals surface area contributed by atoms with Crippen LogP contribution in [0.5, 0.6) is 5.75 Å². The first-order valence-corrected chi connectivity index (χ1v) is 10.7. The summed E-state index contributed by atoms with van der Waals surface area (Å²) in [4.78, 5) is 11.3. The molecular weight excluding hydrogens is 381 g/mol. The van der Waals surface area contributed by atoms with Crippen molar-refractivity contribution < 1.29 is 22.3 Å². The van der Waals surface area contributed by atoms with E-state index in [1.54, 1.807) is 24.3 Å². The van der Waals surface area contributed by atoms with Crippen molar-refractivity contribution in [3.63, 3.8) is 0 Å². The van der Waals surface area contributed by atoms with Gasteiger partial charge in [0, 0.05) is 11.5 Å². The predicted octanol–water partition coefficient (Wildman–Crippen LogP) is 4.19. The molecule has 1 N–H and O–H groups in total. The first kappa shape index (κ1) is 20.5. The topological polar surface area (TPSA) is 72.5 Å². The average Bonchev–Trinajstić information content (AvgIpc) is 2.65. The molecule has 2 aromatic rings. The van der Waals surface area contributed by atoms with E-state index < -0.39 is 27.7 Å². The number of carbonyl (C=O) groups is 1. The Balaban J connectivity index is 2.04. The zero-order chi connectivity index (χ0) is 20.7. The maximum atomic E-state index is 13.2. The Morgan fingerprint density at radius 2 is 1.82 bits per heavy atom. The molecule has 0 spiro atoms. The summed E-state index contributed by atoms with van der Waals surface area (Å²) in [5.74, 6) is 0.164. The van der Waals surface area contributed by atoms with Gasteiger partial charge in [-0.3, -0.25) is 4.79 Å². The van der Waals surface area contributed by atoms with E-state index in [1.165, 1.54) is 18.2 Å². The molecule has 5 nitrogen and oxygen atoms in total. The van der Waals surface area contributed by atoms with Crippen molar-refractivity contribution >= 4 is 16.1 Å². The van der Waals surface area contributed by atoms with Gasteiger partial charge in [0.05, 0.1) is 16.5 Å². The van der Waals surface area contributed by atoms with Gasteiger partial charge in [-0.2, -0.15) is 4.39 Å². The quantitative estimate of drug-likeness (QED) is 0.758. The summed E-state index contributed by atoms with van der Waals surface area (Å²) in [5.41, 5.74) is 0.693. The number of fused-ring (bicyclic) bond motifs is 1. The molecule has 7 heteroatoms. The molecule has 0 bridgehead atoms. The third-order valence-corrected chi connectivity index (χ3v) is 6.92. The van der Waals surface area contributed by atoms with Crippen molar-refractivity contribution in [3.05, 3.63) is 59.2 Å². The fourth-order valence-corrected chi connectivity index (χ4v) is 4.65. The predicted molar refractivity (Wildman–Crippen MR) is 105 cm³/mol. The molecule has 1 aliphatic rings. The number of halogens is 1. The highest BCUT2D eigenvalue weighted by Gasteiger charge is 2.43. The molecule has 28 heavy (non-hydrogen) atoms.